The van der Waals surface area contributed by atoms with Crippen molar-refractivity contribution in [2.24, 2.45) is 18.1 Å². The highest BCUT2D eigenvalue weighted by Gasteiger charge is 2.22. The minimum absolute atomic E-state index is 0.0401. The highest BCUT2D eigenvalue weighted by atomic mass is 16.2. The third-order valence-corrected chi connectivity index (χ3v) is 4.39. The molecular weight excluding hydrogens is 304 g/mol. The summed E-state index contributed by atoms with van der Waals surface area (Å²) in [5.41, 5.74) is 8.14. The standard InChI is InChI=1S/C17H18N6O/c1-9-6-15(24)20-21-16(9)11-4-5-12-13(8-11)19-17(18-12)14-7-10(2)23(3)22-14/h4-5,7-9H,6H2,1-3H3,(H,18,19)(H,20,24). The van der Waals surface area contributed by atoms with Gasteiger partial charge in [-0.3, -0.25) is 9.48 Å². The molecule has 1 unspecified atom stereocenters. The van der Waals surface area contributed by atoms with Crippen molar-refractivity contribution in [3.63, 3.8) is 0 Å². The number of aromatic nitrogens is 4. The maximum absolute atomic E-state index is 11.4. The number of amides is 1. The van der Waals surface area contributed by atoms with Gasteiger partial charge in [-0.05, 0) is 25.1 Å². The first-order valence-electron chi connectivity index (χ1n) is 7.89. The lowest BCUT2D eigenvalue weighted by Crippen LogP contribution is -2.31. The Morgan fingerprint density at radius 3 is 2.83 bits per heavy atom. The van der Waals surface area contributed by atoms with E-state index in [0.717, 1.165) is 39.5 Å². The topological polar surface area (TPSA) is 88.0 Å². The van der Waals surface area contributed by atoms with E-state index >= 15 is 0 Å². The lowest BCUT2D eigenvalue weighted by molar-refractivity contribution is -0.121. The van der Waals surface area contributed by atoms with Gasteiger partial charge in [-0.15, -0.1) is 0 Å². The Morgan fingerprint density at radius 2 is 2.12 bits per heavy atom. The summed E-state index contributed by atoms with van der Waals surface area (Å²) >= 11 is 0. The molecule has 0 spiro atoms. The van der Waals surface area contributed by atoms with Gasteiger partial charge in [0.15, 0.2) is 5.82 Å². The fraction of sp³-hybridized carbons (Fsp3) is 0.294. The molecule has 7 heteroatoms. The van der Waals surface area contributed by atoms with Gasteiger partial charge >= 0.3 is 0 Å². The molecule has 7 nitrogen and oxygen atoms in total. The SMILES string of the molecule is Cc1cc(-c2nc3ccc(C4=NNC(=O)CC4C)cc3[nH]2)nn1C. The van der Waals surface area contributed by atoms with Crippen molar-refractivity contribution in [3.8, 4) is 11.5 Å². The molecule has 2 aromatic heterocycles. The molecule has 3 heterocycles. The number of nitrogens with zero attached hydrogens (tertiary/aromatic N) is 4. The van der Waals surface area contributed by atoms with E-state index in [2.05, 4.69) is 25.6 Å². The number of rotatable bonds is 2. The van der Waals surface area contributed by atoms with Gasteiger partial charge in [0, 0.05) is 30.6 Å². The number of carbonyl (C=O) groups excluding carboxylic acids is 1. The molecule has 3 aromatic rings. The molecule has 0 fully saturated rings. The van der Waals surface area contributed by atoms with Crippen molar-refractivity contribution in [2.45, 2.75) is 20.3 Å². The van der Waals surface area contributed by atoms with Gasteiger partial charge in [-0.2, -0.15) is 10.2 Å². The number of carbonyl (C=O) groups is 1. The van der Waals surface area contributed by atoms with Crippen molar-refractivity contribution in [2.75, 3.05) is 0 Å². The zero-order chi connectivity index (χ0) is 16.8. The molecule has 0 bridgehead atoms. The molecule has 2 N–H and O–H groups in total. The van der Waals surface area contributed by atoms with Gasteiger partial charge in [0.2, 0.25) is 5.91 Å². The van der Waals surface area contributed by atoms with Crippen LogP contribution in [-0.2, 0) is 11.8 Å². The van der Waals surface area contributed by atoms with Gasteiger partial charge in [0.05, 0.1) is 16.7 Å². The van der Waals surface area contributed by atoms with Crippen LogP contribution in [0.1, 0.15) is 24.6 Å². The number of hydrogen-bond acceptors (Lipinski definition) is 4. The van der Waals surface area contributed by atoms with E-state index in [0.29, 0.717) is 6.42 Å². The Hall–Kier alpha value is -2.96. The van der Waals surface area contributed by atoms with Crippen molar-refractivity contribution in [1.29, 1.82) is 0 Å². The van der Waals surface area contributed by atoms with E-state index in [1.807, 2.05) is 49.8 Å². The van der Waals surface area contributed by atoms with E-state index in [-0.39, 0.29) is 11.8 Å². The molecular formula is C17H18N6O. The predicted molar refractivity (Wildman–Crippen MR) is 91.5 cm³/mol. The first-order valence-corrected chi connectivity index (χ1v) is 7.89. The number of benzene rings is 1. The number of hydrazone groups is 1. The number of hydrogen-bond donors (Lipinski definition) is 2. The average molecular weight is 322 g/mol. The second kappa shape index (κ2) is 5.30. The van der Waals surface area contributed by atoms with Crippen molar-refractivity contribution in [3.05, 3.63) is 35.5 Å². The number of aryl methyl sites for hydroxylation is 2. The van der Waals surface area contributed by atoms with Gasteiger partial charge in [0.1, 0.15) is 5.69 Å². The minimum atomic E-state index is -0.0401. The summed E-state index contributed by atoms with van der Waals surface area (Å²) in [5.74, 6) is 0.802. The van der Waals surface area contributed by atoms with Gasteiger partial charge in [0.25, 0.3) is 0 Å². The van der Waals surface area contributed by atoms with Crippen LogP contribution in [0.4, 0.5) is 0 Å². The highest BCUT2D eigenvalue weighted by molar-refractivity contribution is 6.07. The second-order valence-electron chi connectivity index (χ2n) is 6.25. The Balaban J connectivity index is 1.75. The van der Waals surface area contributed by atoms with Gasteiger partial charge in [-0.25, -0.2) is 10.4 Å². The van der Waals surface area contributed by atoms with Crippen LogP contribution >= 0.6 is 0 Å². The Bertz CT molecular complexity index is 961. The Labute approximate surface area is 138 Å². The average Bonchev–Trinajstić information content (AvgIpc) is 3.10. The molecule has 1 atom stereocenters. The molecule has 1 aliphatic rings. The molecule has 0 aliphatic carbocycles. The smallest absolute Gasteiger partial charge is 0.240 e. The second-order valence-corrected chi connectivity index (χ2v) is 6.25. The zero-order valence-electron chi connectivity index (χ0n) is 13.8. The summed E-state index contributed by atoms with van der Waals surface area (Å²) in [4.78, 5) is 19.3. The maximum Gasteiger partial charge on any atom is 0.240 e. The maximum atomic E-state index is 11.4. The summed E-state index contributed by atoms with van der Waals surface area (Å²) in [5, 5.41) is 8.68. The largest absolute Gasteiger partial charge is 0.337 e. The van der Waals surface area contributed by atoms with E-state index in [1.165, 1.54) is 0 Å². The summed E-state index contributed by atoms with van der Waals surface area (Å²) in [6, 6.07) is 7.98. The first-order chi connectivity index (χ1) is 11.5. The van der Waals surface area contributed by atoms with Gasteiger partial charge in [-0.1, -0.05) is 13.0 Å². The fourth-order valence-corrected chi connectivity index (χ4v) is 2.97. The Morgan fingerprint density at radius 1 is 1.29 bits per heavy atom. The van der Waals surface area contributed by atoms with Crippen LogP contribution in [0.5, 0.6) is 0 Å². The third-order valence-electron chi connectivity index (χ3n) is 4.39. The quantitative estimate of drug-likeness (QED) is 0.757. The van der Waals surface area contributed by atoms with Crippen LogP contribution < -0.4 is 5.43 Å². The van der Waals surface area contributed by atoms with Crippen LogP contribution in [0.3, 0.4) is 0 Å². The van der Waals surface area contributed by atoms with Crippen LogP contribution in [0.25, 0.3) is 22.6 Å². The molecule has 1 aliphatic heterocycles. The minimum Gasteiger partial charge on any atom is -0.337 e. The monoisotopic (exact) mass is 322 g/mol. The highest BCUT2D eigenvalue weighted by Crippen LogP contribution is 2.23. The summed E-state index contributed by atoms with van der Waals surface area (Å²) in [6.07, 6.45) is 0.457. The third kappa shape index (κ3) is 2.38. The van der Waals surface area contributed by atoms with Crippen LogP contribution in [0.2, 0.25) is 0 Å². The predicted octanol–water partition coefficient (Wildman–Crippen LogP) is 2.13. The van der Waals surface area contributed by atoms with Crippen molar-refractivity contribution in [1.82, 2.24) is 25.2 Å². The van der Waals surface area contributed by atoms with Crippen molar-refractivity contribution >= 4 is 22.7 Å². The number of aromatic amines is 1. The van der Waals surface area contributed by atoms with Crippen molar-refractivity contribution < 1.29 is 4.79 Å². The van der Waals surface area contributed by atoms with E-state index in [4.69, 9.17) is 0 Å². The number of H-pyrrole nitrogens is 1. The fourth-order valence-electron chi connectivity index (χ4n) is 2.97. The lowest BCUT2D eigenvalue weighted by Gasteiger charge is -2.18. The first kappa shape index (κ1) is 14.6. The van der Waals surface area contributed by atoms with E-state index < -0.39 is 0 Å². The van der Waals surface area contributed by atoms with Crippen LogP contribution in [0.15, 0.2) is 29.4 Å². The molecule has 4 rings (SSSR count). The van der Waals surface area contributed by atoms with E-state index in [9.17, 15) is 4.79 Å². The number of nitrogens with one attached hydrogen (secondary N) is 2. The summed E-state index contributed by atoms with van der Waals surface area (Å²) in [7, 11) is 1.91. The molecule has 24 heavy (non-hydrogen) atoms. The number of fused-ring (bicyclic) bond motifs is 1. The molecule has 122 valence electrons. The molecule has 1 amide bonds. The summed E-state index contributed by atoms with van der Waals surface area (Å²) < 4.78 is 1.83. The Kier molecular flexibility index (Phi) is 3.23. The number of imidazole rings is 1. The van der Waals surface area contributed by atoms with E-state index in [1.54, 1.807) is 0 Å². The lowest BCUT2D eigenvalue weighted by atomic mass is 9.94. The van der Waals surface area contributed by atoms with Crippen LogP contribution in [-0.4, -0.2) is 31.4 Å². The zero-order valence-corrected chi connectivity index (χ0v) is 13.8. The molecule has 1 aromatic carbocycles. The molecule has 0 saturated heterocycles. The molecule has 0 saturated carbocycles. The molecule has 0 radical (unpaired) electrons. The normalized spacial score (nSPS) is 17.9. The summed E-state index contributed by atoms with van der Waals surface area (Å²) in [6.45, 7) is 4.02. The van der Waals surface area contributed by atoms with Crippen LogP contribution in [0, 0.1) is 12.8 Å². The van der Waals surface area contributed by atoms with Gasteiger partial charge < -0.3 is 4.98 Å².